The topological polar surface area (TPSA) is 66.6 Å². The maximum Gasteiger partial charge on any atom is 0.225 e. The minimum absolute atomic E-state index is 0.230. The molecule has 0 spiro atoms. The van der Waals surface area contributed by atoms with Gasteiger partial charge in [0.15, 0.2) is 0 Å². The summed E-state index contributed by atoms with van der Waals surface area (Å²) in [4.78, 5) is 14.8. The number of amides is 1. The molecular weight excluding hydrogens is 252 g/mol. The van der Waals surface area contributed by atoms with E-state index in [0.29, 0.717) is 17.7 Å². The number of nitrogens with two attached hydrogens (primary N) is 1. The van der Waals surface area contributed by atoms with Crippen molar-refractivity contribution in [3.8, 4) is 0 Å². The van der Waals surface area contributed by atoms with Crippen molar-refractivity contribution in [1.82, 2.24) is 4.90 Å². The minimum Gasteiger partial charge on any atom is -0.396 e. The molecule has 1 saturated carbocycles. The predicted molar refractivity (Wildman–Crippen MR) is 80.1 cm³/mol. The fourth-order valence-corrected chi connectivity index (χ4v) is 3.95. The van der Waals surface area contributed by atoms with Crippen molar-refractivity contribution >= 4 is 5.91 Å². The molecule has 2 rings (SSSR count). The molecule has 1 heterocycles. The Balaban J connectivity index is 1.86. The van der Waals surface area contributed by atoms with Crippen LogP contribution in [0.3, 0.4) is 0 Å². The van der Waals surface area contributed by atoms with E-state index in [4.69, 9.17) is 10.8 Å². The minimum atomic E-state index is 0.230. The summed E-state index contributed by atoms with van der Waals surface area (Å²) < 4.78 is 0. The van der Waals surface area contributed by atoms with Crippen LogP contribution in [0.5, 0.6) is 0 Å². The molecule has 0 radical (unpaired) electrons. The van der Waals surface area contributed by atoms with Gasteiger partial charge in [0.25, 0.3) is 0 Å². The molecule has 3 unspecified atom stereocenters. The lowest BCUT2D eigenvalue weighted by atomic mass is 9.79. The van der Waals surface area contributed by atoms with Crippen LogP contribution in [0.25, 0.3) is 0 Å². The molecule has 1 aliphatic carbocycles. The van der Waals surface area contributed by atoms with E-state index in [0.717, 1.165) is 58.2 Å². The van der Waals surface area contributed by atoms with Gasteiger partial charge in [-0.3, -0.25) is 4.79 Å². The SMILES string of the molecule is NCCC1CCCC(C(=O)N2CCCC(CCO)C2)C1. The molecule has 1 aliphatic heterocycles. The Morgan fingerprint density at radius 3 is 2.70 bits per heavy atom. The molecule has 0 aromatic carbocycles. The van der Waals surface area contributed by atoms with Gasteiger partial charge in [-0.2, -0.15) is 0 Å². The van der Waals surface area contributed by atoms with Gasteiger partial charge >= 0.3 is 0 Å². The van der Waals surface area contributed by atoms with Crippen LogP contribution in [-0.4, -0.2) is 42.2 Å². The zero-order chi connectivity index (χ0) is 14.4. The van der Waals surface area contributed by atoms with E-state index in [1.54, 1.807) is 0 Å². The smallest absolute Gasteiger partial charge is 0.225 e. The monoisotopic (exact) mass is 282 g/mol. The van der Waals surface area contributed by atoms with Gasteiger partial charge in [-0.1, -0.05) is 12.8 Å². The molecule has 116 valence electrons. The number of carbonyl (C=O) groups excluding carboxylic acids is 1. The number of nitrogens with zero attached hydrogens (tertiary/aromatic N) is 1. The van der Waals surface area contributed by atoms with E-state index >= 15 is 0 Å². The van der Waals surface area contributed by atoms with Gasteiger partial charge in [0, 0.05) is 25.6 Å². The summed E-state index contributed by atoms with van der Waals surface area (Å²) in [7, 11) is 0. The van der Waals surface area contributed by atoms with Crippen LogP contribution in [0.2, 0.25) is 0 Å². The summed E-state index contributed by atoms with van der Waals surface area (Å²) in [5.41, 5.74) is 5.66. The Hall–Kier alpha value is -0.610. The van der Waals surface area contributed by atoms with E-state index in [1.165, 1.54) is 12.8 Å². The number of aliphatic hydroxyl groups is 1. The van der Waals surface area contributed by atoms with E-state index in [1.807, 2.05) is 0 Å². The molecule has 4 heteroatoms. The first-order valence-electron chi connectivity index (χ1n) is 8.34. The zero-order valence-electron chi connectivity index (χ0n) is 12.6. The fourth-order valence-electron chi connectivity index (χ4n) is 3.95. The van der Waals surface area contributed by atoms with E-state index in [9.17, 15) is 4.79 Å². The number of piperidine rings is 1. The third-order valence-electron chi connectivity index (χ3n) is 5.07. The number of likely N-dealkylation sites (tertiary alicyclic amines) is 1. The van der Waals surface area contributed by atoms with E-state index in [2.05, 4.69) is 4.90 Å². The summed E-state index contributed by atoms with van der Waals surface area (Å²) in [5.74, 6) is 1.75. The maximum absolute atomic E-state index is 12.7. The van der Waals surface area contributed by atoms with Gasteiger partial charge in [0.2, 0.25) is 5.91 Å². The Labute approximate surface area is 122 Å². The van der Waals surface area contributed by atoms with Crippen molar-refractivity contribution in [2.45, 2.75) is 51.4 Å². The molecule has 3 N–H and O–H groups in total. The highest BCUT2D eigenvalue weighted by Crippen LogP contribution is 2.33. The van der Waals surface area contributed by atoms with Crippen molar-refractivity contribution in [2.24, 2.45) is 23.5 Å². The maximum atomic E-state index is 12.7. The Kier molecular flexibility index (Phi) is 6.30. The normalized spacial score (nSPS) is 31.3. The standard InChI is InChI=1S/C16H30N2O2/c17-8-6-13-3-1-5-15(11-13)16(20)18-9-2-4-14(12-18)7-10-19/h13-15,19H,1-12,17H2. The quantitative estimate of drug-likeness (QED) is 0.807. The lowest BCUT2D eigenvalue weighted by Crippen LogP contribution is -2.44. The van der Waals surface area contributed by atoms with Gasteiger partial charge in [0.05, 0.1) is 0 Å². The third-order valence-corrected chi connectivity index (χ3v) is 5.07. The van der Waals surface area contributed by atoms with Crippen molar-refractivity contribution in [3.05, 3.63) is 0 Å². The molecule has 0 aromatic heterocycles. The second-order valence-electron chi connectivity index (χ2n) is 6.61. The van der Waals surface area contributed by atoms with Crippen LogP contribution in [0.4, 0.5) is 0 Å². The fraction of sp³-hybridized carbons (Fsp3) is 0.938. The number of aliphatic hydroxyl groups excluding tert-OH is 1. The van der Waals surface area contributed by atoms with E-state index < -0.39 is 0 Å². The van der Waals surface area contributed by atoms with Crippen molar-refractivity contribution in [3.63, 3.8) is 0 Å². The molecule has 0 aromatic rings. The number of hydrogen-bond donors (Lipinski definition) is 2. The Bertz CT molecular complexity index is 277. The first kappa shape index (κ1) is 15.8. The molecular formula is C16H30N2O2. The molecule has 4 nitrogen and oxygen atoms in total. The Morgan fingerprint density at radius 1 is 1.15 bits per heavy atom. The highest BCUT2D eigenvalue weighted by atomic mass is 16.3. The number of carbonyl (C=O) groups is 1. The first-order valence-corrected chi connectivity index (χ1v) is 8.34. The van der Waals surface area contributed by atoms with Crippen molar-refractivity contribution in [2.75, 3.05) is 26.2 Å². The van der Waals surface area contributed by atoms with Gasteiger partial charge in [-0.25, -0.2) is 0 Å². The molecule has 3 atom stereocenters. The molecule has 1 saturated heterocycles. The van der Waals surface area contributed by atoms with Crippen LogP contribution in [0, 0.1) is 17.8 Å². The highest BCUT2D eigenvalue weighted by molar-refractivity contribution is 5.79. The van der Waals surface area contributed by atoms with Crippen molar-refractivity contribution < 1.29 is 9.90 Å². The number of rotatable bonds is 5. The van der Waals surface area contributed by atoms with Crippen LogP contribution in [0.15, 0.2) is 0 Å². The highest BCUT2D eigenvalue weighted by Gasteiger charge is 2.32. The summed E-state index contributed by atoms with van der Waals surface area (Å²) in [6.45, 7) is 2.76. The first-order chi connectivity index (χ1) is 9.74. The molecule has 2 aliphatic rings. The van der Waals surface area contributed by atoms with Gasteiger partial charge in [-0.15, -0.1) is 0 Å². The summed E-state index contributed by atoms with van der Waals surface area (Å²) in [6, 6.07) is 0. The van der Waals surface area contributed by atoms with E-state index in [-0.39, 0.29) is 12.5 Å². The predicted octanol–water partition coefficient (Wildman–Crippen LogP) is 1.76. The molecule has 2 fully saturated rings. The lowest BCUT2D eigenvalue weighted by molar-refractivity contribution is -0.139. The van der Waals surface area contributed by atoms with Crippen LogP contribution in [-0.2, 0) is 4.79 Å². The summed E-state index contributed by atoms with van der Waals surface area (Å²) in [5, 5.41) is 9.07. The average Bonchev–Trinajstić information content (AvgIpc) is 2.48. The largest absolute Gasteiger partial charge is 0.396 e. The molecule has 1 amide bonds. The van der Waals surface area contributed by atoms with Crippen LogP contribution < -0.4 is 5.73 Å². The van der Waals surface area contributed by atoms with Gasteiger partial charge in [0.1, 0.15) is 0 Å². The Morgan fingerprint density at radius 2 is 1.95 bits per heavy atom. The van der Waals surface area contributed by atoms with Crippen molar-refractivity contribution in [1.29, 1.82) is 0 Å². The van der Waals surface area contributed by atoms with Gasteiger partial charge in [-0.05, 0) is 56.9 Å². The molecule has 0 bridgehead atoms. The second-order valence-corrected chi connectivity index (χ2v) is 6.61. The van der Waals surface area contributed by atoms with Crippen LogP contribution in [0.1, 0.15) is 51.4 Å². The zero-order valence-corrected chi connectivity index (χ0v) is 12.6. The lowest BCUT2D eigenvalue weighted by Gasteiger charge is -2.37. The second kappa shape index (κ2) is 7.99. The summed E-state index contributed by atoms with van der Waals surface area (Å²) in [6.07, 6.45) is 8.67. The van der Waals surface area contributed by atoms with Crippen LogP contribution >= 0.6 is 0 Å². The summed E-state index contributed by atoms with van der Waals surface area (Å²) >= 11 is 0. The third kappa shape index (κ3) is 4.19. The van der Waals surface area contributed by atoms with Gasteiger partial charge < -0.3 is 15.7 Å². The molecule has 20 heavy (non-hydrogen) atoms. The number of hydrogen-bond acceptors (Lipinski definition) is 3. The average molecular weight is 282 g/mol.